The molecule has 1 aliphatic carbocycles. The first-order chi connectivity index (χ1) is 11.6. The average molecular weight is 325 g/mol. The van der Waals surface area contributed by atoms with E-state index in [9.17, 15) is 10.1 Å². The second-order valence-corrected chi connectivity index (χ2v) is 7.26. The van der Waals surface area contributed by atoms with Gasteiger partial charge in [-0.3, -0.25) is 9.69 Å². The SMILES string of the molecule is C[C@H](C(=O)NC1CCCC1)N1CCC(C#N)(c2ccccc2)CC1. The van der Waals surface area contributed by atoms with E-state index in [2.05, 4.69) is 28.4 Å². The molecule has 4 nitrogen and oxygen atoms in total. The van der Waals surface area contributed by atoms with E-state index in [1.807, 2.05) is 25.1 Å². The minimum Gasteiger partial charge on any atom is -0.352 e. The first-order valence-electron chi connectivity index (χ1n) is 9.16. The van der Waals surface area contributed by atoms with E-state index in [0.717, 1.165) is 44.3 Å². The highest BCUT2D eigenvalue weighted by atomic mass is 16.2. The van der Waals surface area contributed by atoms with Gasteiger partial charge in [0.05, 0.1) is 17.5 Å². The first kappa shape index (κ1) is 17.0. The van der Waals surface area contributed by atoms with E-state index in [1.54, 1.807) is 0 Å². The molecule has 1 saturated heterocycles. The van der Waals surface area contributed by atoms with Crippen LogP contribution in [0.5, 0.6) is 0 Å². The zero-order valence-electron chi connectivity index (χ0n) is 14.5. The summed E-state index contributed by atoms with van der Waals surface area (Å²) in [5.41, 5.74) is 0.703. The Morgan fingerprint density at radius 3 is 2.46 bits per heavy atom. The zero-order valence-corrected chi connectivity index (χ0v) is 14.5. The third-order valence-corrected chi connectivity index (χ3v) is 5.82. The van der Waals surface area contributed by atoms with Crippen LogP contribution in [0.3, 0.4) is 0 Å². The van der Waals surface area contributed by atoms with Crippen molar-refractivity contribution in [3.63, 3.8) is 0 Å². The van der Waals surface area contributed by atoms with Gasteiger partial charge in [0.1, 0.15) is 0 Å². The van der Waals surface area contributed by atoms with Gasteiger partial charge in [-0.2, -0.15) is 5.26 Å². The molecule has 1 atom stereocenters. The summed E-state index contributed by atoms with van der Waals surface area (Å²) in [4.78, 5) is 14.7. The molecule has 3 rings (SSSR count). The van der Waals surface area contributed by atoms with Crippen molar-refractivity contribution in [2.24, 2.45) is 0 Å². The second-order valence-electron chi connectivity index (χ2n) is 7.26. The van der Waals surface area contributed by atoms with Crippen LogP contribution in [0.2, 0.25) is 0 Å². The normalized spacial score (nSPS) is 22.7. The number of hydrogen-bond acceptors (Lipinski definition) is 3. The van der Waals surface area contributed by atoms with Crippen molar-refractivity contribution in [1.29, 1.82) is 5.26 Å². The largest absolute Gasteiger partial charge is 0.352 e. The fourth-order valence-corrected chi connectivity index (χ4v) is 4.07. The molecule has 2 aliphatic rings. The van der Waals surface area contributed by atoms with Crippen LogP contribution < -0.4 is 5.32 Å². The number of nitriles is 1. The number of nitrogens with one attached hydrogen (secondary N) is 1. The number of carbonyl (C=O) groups excluding carboxylic acids is 1. The number of piperidine rings is 1. The van der Waals surface area contributed by atoms with Gasteiger partial charge in [-0.25, -0.2) is 0 Å². The Labute approximate surface area is 144 Å². The number of carbonyl (C=O) groups is 1. The highest BCUT2D eigenvalue weighted by Crippen LogP contribution is 2.35. The number of likely N-dealkylation sites (tertiary alicyclic amines) is 1. The molecule has 1 aliphatic heterocycles. The quantitative estimate of drug-likeness (QED) is 0.926. The van der Waals surface area contributed by atoms with E-state index in [0.29, 0.717) is 6.04 Å². The van der Waals surface area contributed by atoms with Crippen LogP contribution in [0, 0.1) is 11.3 Å². The number of rotatable bonds is 4. The molecule has 1 heterocycles. The van der Waals surface area contributed by atoms with E-state index in [1.165, 1.54) is 12.8 Å². The van der Waals surface area contributed by atoms with Gasteiger partial charge < -0.3 is 5.32 Å². The Balaban J connectivity index is 1.59. The summed E-state index contributed by atoms with van der Waals surface area (Å²) >= 11 is 0. The standard InChI is InChI=1S/C20H27N3O/c1-16(19(24)22-18-9-5-6-10-18)23-13-11-20(15-21,12-14-23)17-7-3-2-4-8-17/h2-4,7-8,16,18H,5-6,9-14H2,1H3,(H,22,24)/t16-/m1/s1. The predicted molar refractivity (Wildman–Crippen MR) is 94.4 cm³/mol. The van der Waals surface area contributed by atoms with Gasteiger partial charge in [0, 0.05) is 19.1 Å². The van der Waals surface area contributed by atoms with Crippen LogP contribution in [-0.2, 0) is 10.2 Å². The fraction of sp³-hybridized carbons (Fsp3) is 0.600. The zero-order chi connectivity index (χ0) is 17.0. The molecule has 0 bridgehead atoms. The molecule has 1 N–H and O–H groups in total. The molecular formula is C20H27N3O. The highest BCUT2D eigenvalue weighted by Gasteiger charge is 2.38. The Morgan fingerprint density at radius 1 is 1.25 bits per heavy atom. The lowest BCUT2D eigenvalue weighted by Crippen LogP contribution is -2.52. The van der Waals surface area contributed by atoms with E-state index < -0.39 is 5.41 Å². The Bertz CT molecular complexity index is 593. The van der Waals surface area contributed by atoms with Crippen molar-refractivity contribution < 1.29 is 4.79 Å². The summed E-state index contributed by atoms with van der Waals surface area (Å²) in [6.45, 7) is 3.58. The second kappa shape index (κ2) is 7.36. The van der Waals surface area contributed by atoms with Crippen molar-refractivity contribution in [3.05, 3.63) is 35.9 Å². The molecule has 128 valence electrons. The minimum absolute atomic E-state index is 0.113. The van der Waals surface area contributed by atoms with Gasteiger partial charge in [0.25, 0.3) is 0 Å². The molecule has 1 aromatic carbocycles. The summed E-state index contributed by atoms with van der Waals surface area (Å²) in [5, 5.41) is 13.0. The molecule has 0 unspecified atom stereocenters. The molecular weight excluding hydrogens is 298 g/mol. The monoisotopic (exact) mass is 325 g/mol. The third-order valence-electron chi connectivity index (χ3n) is 5.82. The fourth-order valence-electron chi connectivity index (χ4n) is 4.07. The van der Waals surface area contributed by atoms with Gasteiger partial charge in [0.15, 0.2) is 0 Å². The smallest absolute Gasteiger partial charge is 0.237 e. The van der Waals surface area contributed by atoms with Crippen LogP contribution in [-0.4, -0.2) is 36.0 Å². The molecule has 0 aromatic heterocycles. The molecule has 24 heavy (non-hydrogen) atoms. The lowest BCUT2D eigenvalue weighted by atomic mass is 9.74. The molecule has 1 saturated carbocycles. The lowest BCUT2D eigenvalue weighted by Gasteiger charge is -2.40. The minimum atomic E-state index is -0.403. The molecule has 0 radical (unpaired) electrons. The third kappa shape index (κ3) is 3.47. The van der Waals surface area contributed by atoms with E-state index in [4.69, 9.17) is 0 Å². The van der Waals surface area contributed by atoms with Crippen molar-refractivity contribution in [3.8, 4) is 6.07 Å². The summed E-state index contributed by atoms with van der Waals surface area (Å²) in [6.07, 6.45) is 6.26. The summed E-state index contributed by atoms with van der Waals surface area (Å²) in [5.74, 6) is 0.145. The summed E-state index contributed by atoms with van der Waals surface area (Å²) in [6, 6.07) is 12.9. The topological polar surface area (TPSA) is 56.1 Å². The number of hydrogen-bond donors (Lipinski definition) is 1. The van der Waals surface area contributed by atoms with Crippen LogP contribution in [0.1, 0.15) is 51.0 Å². The van der Waals surface area contributed by atoms with Crippen molar-refractivity contribution in [2.75, 3.05) is 13.1 Å². The van der Waals surface area contributed by atoms with Gasteiger partial charge >= 0.3 is 0 Å². The van der Waals surface area contributed by atoms with E-state index >= 15 is 0 Å². The van der Waals surface area contributed by atoms with Crippen LogP contribution in [0.4, 0.5) is 0 Å². The lowest BCUT2D eigenvalue weighted by molar-refractivity contribution is -0.127. The Morgan fingerprint density at radius 2 is 1.88 bits per heavy atom. The summed E-state index contributed by atoms with van der Waals surface area (Å²) < 4.78 is 0. The van der Waals surface area contributed by atoms with Crippen molar-refractivity contribution >= 4 is 5.91 Å². The average Bonchev–Trinajstić information content (AvgIpc) is 3.15. The molecule has 2 fully saturated rings. The molecule has 4 heteroatoms. The first-order valence-corrected chi connectivity index (χ1v) is 9.16. The van der Waals surface area contributed by atoms with Crippen LogP contribution in [0.25, 0.3) is 0 Å². The Hall–Kier alpha value is -1.86. The molecule has 1 amide bonds. The number of benzene rings is 1. The molecule has 1 aromatic rings. The number of amides is 1. The van der Waals surface area contributed by atoms with Crippen LogP contribution >= 0.6 is 0 Å². The highest BCUT2D eigenvalue weighted by molar-refractivity contribution is 5.81. The Kier molecular flexibility index (Phi) is 5.20. The van der Waals surface area contributed by atoms with Crippen molar-refractivity contribution in [1.82, 2.24) is 10.2 Å². The predicted octanol–water partition coefficient (Wildman–Crippen LogP) is 2.99. The van der Waals surface area contributed by atoms with Gasteiger partial charge in [0.2, 0.25) is 5.91 Å². The van der Waals surface area contributed by atoms with E-state index in [-0.39, 0.29) is 11.9 Å². The van der Waals surface area contributed by atoms with Crippen LogP contribution in [0.15, 0.2) is 30.3 Å². The molecule has 0 spiro atoms. The van der Waals surface area contributed by atoms with Gasteiger partial charge in [-0.05, 0) is 38.2 Å². The maximum Gasteiger partial charge on any atom is 0.237 e. The maximum atomic E-state index is 12.5. The summed E-state index contributed by atoms with van der Waals surface area (Å²) in [7, 11) is 0. The van der Waals surface area contributed by atoms with Crippen molar-refractivity contribution in [2.45, 2.75) is 62.9 Å². The number of nitrogens with zero attached hydrogens (tertiary/aromatic N) is 2. The van der Waals surface area contributed by atoms with Gasteiger partial charge in [-0.1, -0.05) is 43.2 Å². The van der Waals surface area contributed by atoms with Gasteiger partial charge in [-0.15, -0.1) is 0 Å². The maximum absolute atomic E-state index is 12.5.